The molecule has 21 heavy (non-hydrogen) atoms. The lowest BCUT2D eigenvalue weighted by Gasteiger charge is -2.11. The Hall–Kier alpha value is -1.37. The third-order valence-electron chi connectivity index (χ3n) is 2.51. The van der Waals surface area contributed by atoms with Crippen molar-refractivity contribution in [2.45, 2.75) is 6.92 Å². The Labute approximate surface area is 140 Å². The lowest BCUT2D eigenvalue weighted by Crippen LogP contribution is -2.16. The van der Waals surface area contributed by atoms with Crippen molar-refractivity contribution in [1.82, 2.24) is 9.97 Å². The van der Waals surface area contributed by atoms with Gasteiger partial charge in [-0.15, -0.1) is 0 Å². The number of carbonyl (C=O) groups is 1. The monoisotopic (exact) mass is 388 g/mol. The summed E-state index contributed by atoms with van der Waals surface area (Å²) >= 11 is 15.0. The highest BCUT2D eigenvalue weighted by Gasteiger charge is 2.15. The average Bonchev–Trinajstić information content (AvgIpc) is 2.44. The van der Waals surface area contributed by atoms with Gasteiger partial charge in [0.1, 0.15) is 11.0 Å². The number of hydrogen-bond acceptors (Lipinski definition) is 4. The van der Waals surface area contributed by atoms with E-state index in [-0.39, 0.29) is 16.2 Å². The van der Waals surface area contributed by atoms with Crippen LogP contribution in [0.1, 0.15) is 17.3 Å². The molecule has 0 fully saturated rings. The first-order chi connectivity index (χ1) is 10.0. The maximum absolute atomic E-state index is 12.4. The number of hydrogen-bond donors (Lipinski definition) is 2. The molecule has 0 bridgehead atoms. The second kappa shape index (κ2) is 7.06. The molecule has 2 rings (SSSR count). The zero-order valence-electron chi connectivity index (χ0n) is 11.0. The van der Waals surface area contributed by atoms with Gasteiger partial charge in [-0.05, 0) is 41.1 Å². The lowest BCUT2D eigenvalue weighted by atomic mass is 10.2. The molecule has 0 aliphatic heterocycles. The molecule has 0 saturated carbocycles. The van der Waals surface area contributed by atoms with E-state index in [1.807, 2.05) is 6.92 Å². The minimum absolute atomic E-state index is 0.129. The molecule has 0 atom stereocenters. The zero-order chi connectivity index (χ0) is 15.4. The van der Waals surface area contributed by atoms with Crippen molar-refractivity contribution in [2.24, 2.45) is 0 Å². The highest BCUT2D eigenvalue weighted by Crippen LogP contribution is 2.24. The molecule has 0 aliphatic rings. The number of nitrogens with one attached hydrogen (secondary N) is 2. The molecule has 2 N–H and O–H groups in total. The number of halogens is 3. The van der Waals surface area contributed by atoms with E-state index >= 15 is 0 Å². The molecule has 5 nitrogen and oxygen atoms in total. The van der Waals surface area contributed by atoms with Crippen molar-refractivity contribution in [3.8, 4) is 0 Å². The van der Waals surface area contributed by atoms with Crippen LogP contribution in [0.15, 0.2) is 28.9 Å². The van der Waals surface area contributed by atoms with Crippen molar-refractivity contribution in [2.75, 3.05) is 17.2 Å². The maximum atomic E-state index is 12.4. The van der Waals surface area contributed by atoms with Crippen LogP contribution in [0.25, 0.3) is 0 Å². The standard InChI is InChI=1S/C13H11BrCl2N4O/c1-2-17-12-8(5-7(14)6-18-12)13(21)19-9-3-4-10(15)20-11(9)16/h3-6H,2H2,1H3,(H,17,18)(H,19,21). The average molecular weight is 390 g/mol. The summed E-state index contributed by atoms with van der Waals surface area (Å²) in [6.45, 7) is 2.57. The van der Waals surface area contributed by atoms with Crippen LogP contribution in [0.4, 0.5) is 11.5 Å². The van der Waals surface area contributed by atoms with Gasteiger partial charge in [-0.3, -0.25) is 4.79 Å². The van der Waals surface area contributed by atoms with Crippen molar-refractivity contribution < 1.29 is 4.79 Å². The number of pyridine rings is 2. The highest BCUT2D eigenvalue weighted by molar-refractivity contribution is 9.10. The largest absolute Gasteiger partial charge is 0.370 e. The maximum Gasteiger partial charge on any atom is 0.259 e. The second-order valence-corrected chi connectivity index (χ2v) is 5.67. The van der Waals surface area contributed by atoms with E-state index in [0.29, 0.717) is 28.1 Å². The van der Waals surface area contributed by atoms with Crippen LogP contribution in [0, 0.1) is 0 Å². The summed E-state index contributed by atoms with van der Waals surface area (Å²) in [6.07, 6.45) is 1.62. The molecular formula is C13H11BrCl2N4O. The van der Waals surface area contributed by atoms with E-state index in [4.69, 9.17) is 23.2 Å². The molecule has 0 saturated heterocycles. The van der Waals surface area contributed by atoms with E-state index in [2.05, 4.69) is 36.5 Å². The third kappa shape index (κ3) is 4.06. The fourth-order valence-electron chi connectivity index (χ4n) is 1.62. The predicted octanol–water partition coefficient (Wildman–Crippen LogP) is 4.23. The second-order valence-electron chi connectivity index (χ2n) is 4.01. The Balaban J connectivity index is 2.29. The molecule has 0 radical (unpaired) electrons. The molecular weight excluding hydrogens is 379 g/mol. The fraction of sp³-hybridized carbons (Fsp3) is 0.154. The van der Waals surface area contributed by atoms with Crippen LogP contribution in [-0.2, 0) is 0 Å². The minimum Gasteiger partial charge on any atom is -0.370 e. The van der Waals surface area contributed by atoms with Gasteiger partial charge in [0.2, 0.25) is 0 Å². The van der Waals surface area contributed by atoms with Gasteiger partial charge in [-0.25, -0.2) is 9.97 Å². The lowest BCUT2D eigenvalue weighted by molar-refractivity contribution is 0.102. The van der Waals surface area contributed by atoms with Crippen molar-refractivity contribution in [3.05, 3.63) is 44.7 Å². The quantitative estimate of drug-likeness (QED) is 0.767. The van der Waals surface area contributed by atoms with Gasteiger partial charge in [0.05, 0.1) is 11.3 Å². The van der Waals surface area contributed by atoms with E-state index in [0.717, 1.165) is 0 Å². The SMILES string of the molecule is CCNc1ncc(Br)cc1C(=O)Nc1ccc(Cl)nc1Cl. The van der Waals surface area contributed by atoms with E-state index in [9.17, 15) is 4.79 Å². The van der Waals surface area contributed by atoms with Crippen molar-refractivity contribution in [3.63, 3.8) is 0 Å². The van der Waals surface area contributed by atoms with Gasteiger partial charge in [0.25, 0.3) is 5.91 Å². The first-order valence-corrected chi connectivity index (χ1v) is 7.59. The van der Waals surface area contributed by atoms with Gasteiger partial charge in [0, 0.05) is 17.2 Å². The summed E-state index contributed by atoms with van der Waals surface area (Å²) in [7, 11) is 0. The predicted molar refractivity (Wildman–Crippen MR) is 88.3 cm³/mol. The van der Waals surface area contributed by atoms with Crippen LogP contribution in [0.3, 0.4) is 0 Å². The van der Waals surface area contributed by atoms with Gasteiger partial charge in [0.15, 0.2) is 5.15 Å². The zero-order valence-corrected chi connectivity index (χ0v) is 14.1. The molecule has 8 heteroatoms. The van der Waals surface area contributed by atoms with Gasteiger partial charge >= 0.3 is 0 Å². The van der Waals surface area contributed by atoms with E-state index < -0.39 is 0 Å². The molecule has 110 valence electrons. The number of aromatic nitrogens is 2. The normalized spacial score (nSPS) is 10.3. The Morgan fingerprint density at radius 2 is 2.14 bits per heavy atom. The first kappa shape index (κ1) is 16.0. The Kier molecular flexibility index (Phi) is 5.39. The van der Waals surface area contributed by atoms with E-state index in [1.54, 1.807) is 24.4 Å². The molecule has 0 aliphatic carbocycles. The number of carbonyl (C=O) groups excluding carboxylic acids is 1. The molecule has 2 heterocycles. The third-order valence-corrected chi connectivity index (χ3v) is 3.44. The number of amides is 1. The number of nitrogens with zero attached hydrogens (tertiary/aromatic N) is 2. The summed E-state index contributed by atoms with van der Waals surface area (Å²) in [6, 6.07) is 4.82. The highest BCUT2D eigenvalue weighted by atomic mass is 79.9. The summed E-state index contributed by atoms with van der Waals surface area (Å²) < 4.78 is 0.703. The van der Waals surface area contributed by atoms with Crippen molar-refractivity contribution >= 4 is 56.5 Å². The summed E-state index contributed by atoms with van der Waals surface area (Å²) in [5.74, 6) is 0.155. The smallest absolute Gasteiger partial charge is 0.259 e. The minimum atomic E-state index is -0.342. The van der Waals surface area contributed by atoms with Crippen LogP contribution in [0.2, 0.25) is 10.3 Å². The van der Waals surface area contributed by atoms with Crippen LogP contribution in [-0.4, -0.2) is 22.4 Å². The number of rotatable bonds is 4. The van der Waals surface area contributed by atoms with Crippen LogP contribution in [0.5, 0.6) is 0 Å². The summed E-state index contributed by atoms with van der Waals surface area (Å²) in [4.78, 5) is 20.4. The van der Waals surface area contributed by atoms with Crippen LogP contribution >= 0.6 is 39.1 Å². The van der Waals surface area contributed by atoms with Gasteiger partial charge in [-0.2, -0.15) is 0 Å². The Bertz CT molecular complexity index is 681. The van der Waals surface area contributed by atoms with Gasteiger partial charge < -0.3 is 10.6 Å². The molecule has 0 unspecified atom stereocenters. The van der Waals surface area contributed by atoms with Crippen LogP contribution < -0.4 is 10.6 Å². The molecule has 2 aromatic rings. The summed E-state index contributed by atoms with van der Waals surface area (Å²) in [5.41, 5.74) is 0.783. The molecule has 2 aromatic heterocycles. The van der Waals surface area contributed by atoms with E-state index in [1.165, 1.54) is 0 Å². The van der Waals surface area contributed by atoms with Gasteiger partial charge in [-0.1, -0.05) is 23.2 Å². The molecule has 0 spiro atoms. The topological polar surface area (TPSA) is 66.9 Å². The fourth-order valence-corrected chi connectivity index (χ4v) is 2.34. The number of anilines is 2. The Morgan fingerprint density at radius 3 is 2.81 bits per heavy atom. The van der Waals surface area contributed by atoms with Crippen molar-refractivity contribution in [1.29, 1.82) is 0 Å². The molecule has 0 aromatic carbocycles. The summed E-state index contributed by atoms with van der Waals surface area (Å²) in [5, 5.41) is 6.11. The molecule has 1 amide bonds. The Morgan fingerprint density at radius 1 is 1.38 bits per heavy atom. The first-order valence-electron chi connectivity index (χ1n) is 6.04.